The number of benzene rings is 2. The molecule has 0 bridgehead atoms. The van der Waals surface area contributed by atoms with E-state index in [0.29, 0.717) is 0 Å². The highest BCUT2D eigenvalue weighted by Gasteiger charge is 2.22. The first-order chi connectivity index (χ1) is 9.58. The highest BCUT2D eigenvalue weighted by atomic mass is 15.1. The van der Waals surface area contributed by atoms with E-state index in [1.807, 2.05) is 18.2 Å². The van der Waals surface area contributed by atoms with Gasteiger partial charge >= 0.3 is 0 Å². The van der Waals surface area contributed by atoms with Crippen molar-refractivity contribution in [3.8, 4) is 0 Å². The van der Waals surface area contributed by atoms with Crippen LogP contribution in [-0.4, -0.2) is 25.0 Å². The Morgan fingerprint density at radius 2 is 1.50 bits per heavy atom. The maximum Gasteiger partial charge on any atom is 0.0509 e. The average molecular weight is 268 g/mol. The van der Waals surface area contributed by atoms with Crippen molar-refractivity contribution in [2.75, 3.05) is 20.1 Å². The van der Waals surface area contributed by atoms with Gasteiger partial charge in [-0.15, -0.1) is 0 Å². The summed E-state index contributed by atoms with van der Waals surface area (Å²) in [5.41, 5.74) is 8.71. The molecule has 0 aliphatic rings. The van der Waals surface area contributed by atoms with Gasteiger partial charge in [-0.25, -0.2) is 0 Å². The summed E-state index contributed by atoms with van der Waals surface area (Å²) in [5, 5.41) is 0. The topological polar surface area (TPSA) is 29.3 Å². The van der Waals surface area contributed by atoms with E-state index in [-0.39, 0.29) is 5.54 Å². The minimum Gasteiger partial charge on any atom is -0.321 e. The van der Waals surface area contributed by atoms with Gasteiger partial charge in [0.2, 0.25) is 0 Å². The third kappa shape index (κ3) is 4.19. The van der Waals surface area contributed by atoms with Gasteiger partial charge in [0.05, 0.1) is 5.54 Å². The zero-order valence-corrected chi connectivity index (χ0v) is 12.4. The van der Waals surface area contributed by atoms with Crippen LogP contribution in [0.5, 0.6) is 0 Å². The zero-order valence-electron chi connectivity index (χ0n) is 12.4. The fourth-order valence-corrected chi connectivity index (χ4v) is 2.51. The van der Waals surface area contributed by atoms with Crippen LogP contribution in [0.2, 0.25) is 0 Å². The van der Waals surface area contributed by atoms with Crippen molar-refractivity contribution in [2.45, 2.75) is 18.9 Å². The fourth-order valence-electron chi connectivity index (χ4n) is 2.51. The van der Waals surface area contributed by atoms with Crippen molar-refractivity contribution < 1.29 is 0 Å². The Hall–Kier alpha value is -1.64. The Kier molecular flexibility index (Phi) is 4.94. The standard InChI is InChI=1S/C18H24N2/c1-18(19,17-11-7-4-8-12-17)15-20(2)14-13-16-9-5-3-6-10-16/h3-12H,13-15,19H2,1-2H3. The number of likely N-dealkylation sites (N-methyl/N-ethyl adjacent to an activating group) is 1. The lowest BCUT2D eigenvalue weighted by atomic mass is 9.92. The Bertz CT molecular complexity index is 505. The number of hydrogen-bond acceptors (Lipinski definition) is 2. The van der Waals surface area contributed by atoms with Gasteiger partial charge in [0, 0.05) is 13.1 Å². The molecule has 1 atom stereocenters. The summed E-state index contributed by atoms with van der Waals surface area (Å²) in [5.74, 6) is 0. The summed E-state index contributed by atoms with van der Waals surface area (Å²) in [6, 6.07) is 20.9. The molecule has 0 aliphatic heterocycles. The Labute approximate surface area is 122 Å². The van der Waals surface area contributed by atoms with Gasteiger partial charge in [0.25, 0.3) is 0 Å². The molecule has 106 valence electrons. The SMILES string of the molecule is CN(CCc1ccccc1)CC(C)(N)c1ccccc1. The molecule has 1 unspecified atom stereocenters. The maximum absolute atomic E-state index is 6.47. The molecule has 0 radical (unpaired) electrons. The Balaban J connectivity index is 1.89. The molecule has 20 heavy (non-hydrogen) atoms. The summed E-state index contributed by atoms with van der Waals surface area (Å²) in [6.45, 7) is 3.97. The van der Waals surface area contributed by atoms with Gasteiger partial charge in [-0.3, -0.25) is 0 Å². The van der Waals surface area contributed by atoms with Crippen LogP contribution in [-0.2, 0) is 12.0 Å². The molecule has 2 rings (SSSR count). The predicted octanol–water partition coefficient (Wildman–Crippen LogP) is 3.04. The molecule has 0 amide bonds. The molecule has 0 fully saturated rings. The third-order valence-corrected chi connectivity index (χ3v) is 3.66. The molecule has 0 saturated carbocycles. The normalized spacial score (nSPS) is 14.2. The summed E-state index contributed by atoms with van der Waals surface area (Å²) < 4.78 is 0. The first-order valence-corrected chi connectivity index (χ1v) is 7.15. The van der Waals surface area contributed by atoms with Crippen LogP contribution in [0.3, 0.4) is 0 Å². The second-order valence-corrected chi connectivity index (χ2v) is 5.76. The van der Waals surface area contributed by atoms with Crippen molar-refractivity contribution in [1.29, 1.82) is 0 Å². The maximum atomic E-state index is 6.47. The van der Waals surface area contributed by atoms with Crippen LogP contribution in [0.4, 0.5) is 0 Å². The average Bonchev–Trinajstić information content (AvgIpc) is 2.47. The van der Waals surface area contributed by atoms with Crippen LogP contribution in [0, 0.1) is 0 Å². The molecule has 2 aromatic rings. The molecule has 0 aliphatic carbocycles. The fraction of sp³-hybridized carbons (Fsp3) is 0.333. The van der Waals surface area contributed by atoms with E-state index in [9.17, 15) is 0 Å². The summed E-state index contributed by atoms with van der Waals surface area (Å²) in [6.07, 6.45) is 1.06. The van der Waals surface area contributed by atoms with Crippen LogP contribution in [0.15, 0.2) is 60.7 Å². The second kappa shape index (κ2) is 6.69. The van der Waals surface area contributed by atoms with E-state index in [1.165, 1.54) is 11.1 Å². The lowest BCUT2D eigenvalue weighted by Crippen LogP contribution is -2.44. The minimum atomic E-state index is -0.313. The summed E-state index contributed by atoms with van der Waals surface area (Å²) >= 11 is 0. The van der Waals surface area contributed by atoms with Crippen molar-refractivity contribution in [3.05, 3.63) is 71.8 Å². The lowest BCUT2D eigenvalue weighted by molar-refractivity contribution is 0.262. The van der Waals surface area contributed by atoms with Gasteiger partial charge in [-0.1, -0.05) is 60.7 Å². The van der Waals surface area contributed by atoms with Gasteiger partial charge in [0.1, 0.15) is 0 Å². The lowest BCUT2D eigenvalue weighted by Gasteiger charge is -2.30. The van der Waals surface area contributed by atoms with Gasteiger partial charge in [-0.05, 0) is 31.5 Å². The summed E-state index contributed by atoms with van der Waals surface area (Å²) in [7, 11) is 2.14. The molecular weight excluding hydrogens is 244 g/mol. The van der Waals surface area contributed by atoms with Crippen molar-refractivity contribution in [2.24, 2.45) is 5.73 Å². The Morgan fingerprint density at radius 1 is 0.950 bits per heavy atom. The highest BCUT2D eigenvalue weighted by molar-refractivity contribution is 5.23. The molecule has 0 heterocycles. The van der Waals surface area contributed by atoms with Crippen LogP contribution < -0.4 is 5.73 Å². The van der Waals surface area contributed by atoms with Gasteiger partial charge in [0.15, 0.2) is 0 Å². The molecule has 2 N–H and O–H groups in total. The van der Waals surface area contributed by atoms with E-state index in [4.69, 9.17) is 5.73 Å². The highest BCUT2D eigenvalue weighted by Crippen LogP contribution is 2.18. The van der Waals surface area contributed by atoms with E-state index in [0.717, 1.165) is 19.5 Å². The number of nitrogens with two attached hydrogens (primary N) is 1. The zero-order chi connectivity index (χ0) is 14.4. The molecular formula is C18H24N2. The van der Waals surface area contributed by atoms with Crippen molar-refractivity contribution >= 4 is 0 Å². The molecule has 0 saturated heterocycles. The second-order valence-electron chi connectivity index (χ2n) is 5.76. The monoisotopic (exact) mass is 268 g/mol. The quantitative estimate of drug-likeness (QED) is 0.872. The molecule has 0 spiro atoms. The number of rotatable bonds is 6. The van der Waals surface area contributed by atoms with Crippen molar-refractivity contribution in [1.82, 2.24) is 4.90 Å². The first kappa shape index (κ1) is 14.8. The van der Waals surface area contributed by atoms with Crippen LogP contribution in [0.1, 0.15) is 18.1 Å². The van der Waals surface area contributed by atoms with Gasteiger partial charge in [-0.2, -0.15) is 0 Å². The molecule has 2 aromatic carbocycles. The van der Waals surface area contributed by atoms with E-state index in [2.05, 4.69) is 61.3 Å². The smallest absolute Gasteiger partial charge is 0.0509 e. The van der Waals surface area contributed by atoms with Crippen molar-refractivity contribution in [3.63, 3.8) is 0 Å². The molecule has 2 nitrogen and oxygen atoms in total. The van der Waals surface area contributed by atoms with Crippen LogP contribution in [0.25, 0.3) is 0 Å². The van der Waals surface area contributed by atoms with Gasteiger partial charge < -0.3 is 10.6 Å². The third-order valence-electron chi connectivity index (χ3n) is 3.66. The molecule has 0 aromatic heterocycles. The Morgan fingerprint density at radius 3 is 2.10 bits per heavy atom. The number of nitrogens with zero attached hydrogens (tertiary/aromatic N) is 1. The predicted molar refractivity (Wildman–Crippen MR) is 85.6 cm³/mol. The van der Waals surface area contributed by atoms with E-state index >= 15 is 0 Å². The van der Waals surface area contributed by atoms with E-state index < -0.39 is 0 Å². The first-order valence-electron chi connectivity index (χ1n) is 7.15. The van der Waals surface area contributed by atoms with Crippen LogP contribution >= 0.6 is 0 Å². The molecule has 2 heteroatoms. The number of hydrogen-bond donors (Lipinski definition) is 1. The largest absolute Gasteiger partial charge is 0.321 e. The minimum absolute atomic E-state index is 0.313. The van der Waals surface area contributed by atoms with E-state index in [1.54, 1.807) is 0 Å². The summed E-state index contributed by atoms with van der Waals surface area (Å²) in [4.78, 5) is 2.31.